The minimum absolute atomic E-state index is 0.0495. The smallest absolute Gasteiger partial charge is 0.226 e. The van der Waals surface area contributed by atoms with Crippen molar-refractivity contribution >= 4 is 29.1 Å². The van der Waals surface area contributed by atoms with Gasteiger partial charge in [0.2, 0.25) is 11.8 Å². The van der Waals surface area contributed by atoms with Crippen molar-refractivity contribution in [3.8, 4) is 0 Å². The highest BCUT2D eigenvalue weighted by Crippen LogP contribution is 2.19. The quantitative estimate of drug-likeness (QED) is 0.864. The van der Waals surface area contributed by atoms with Gasteiger partial charge in [-0.15, -0.1) is 0 Å². The van der Waals surface area contributed by atoms with Gasteiger partial charge >= 0.3 is 0 Å². The minimum Gasteiger partial charge on any atom is -0.376 e. The average Bonchev–Trinajstić information content (AvgIpc) is 3.00. The van der Waals surface area contributed by atoms with E-state index in [1.165, 1.54) is 25.1 Å². The molecule has 0 spiro atoms. The number of nitrogens with one attached hydrogen (secondary N) is 1. The highest BCUT2D eigenvalue weighted by atomic mass is 35.5. The molecule has 5 nitrogen and oxygen atoms in total. The fourth-order valence-electron chi connectivity index (χ4n) is 2.45. The number of hydrogen-bond acceptors (Lipinski definition) is 3. The highest BCUT2D eigenvalue weighted by molar-refractivity contribution is 6.31. The molecule has 0 aromatic heterocycles. The first-order valence-corrected chi connectivity index (χ1v) is 7.95. The Morgan fingerprint density at radius 1 is 1.48 bits per heavy atom. The first kappa shape index (κ1) is 17.7. The molecule has 1 aromatic rings. The number of nitrogens with zero attached hydrogens (tertiary/aromatic N) is 1. The summed E-state index contributed by atoms with van der Waals surface area (Å²) < 4.78 is 18.6. The van der Waals surface area contributed by atoms with E-state index in [1.807, 2.05) is 0 Å². The molecule has 1 fully saturated rings. The second-order valence-electron chi connectivity index (χ2n) is 5.53. The molecule has 1 atom stereocenters. The molecule has 1 unspecified atom stereocenters. The molecule has 0 radical (unpaired) electrons. The van der Waals surface area contributed by atoms with Gasteiger partial charge in [-0.25, -0.2) is 4.39 Å². The fourth-order valence-corrected chi connectivity index (χ4v) is 2.63. The number of halogens is 2. The summed E-state index contributed by atoms with van der Waals surface area (Å²) in [5.74, 6) is -0.881. The predicted octanol–water partition coefficient (Wildman–Crippen LogP) is 2.84. The lowest BCUT2D eigenvalue weighted by molar-refractivity contribution is -0.130. The van der Waals surface area contributed by atoms with Crippen molar-refractivity contribution in [3.63, 3.8) is 0 Å². The van der Waals surface area contributed by atoms with Crippen LogP contribution in [0.25, 0.3) is 0 Å². The first-order chi connectivity index (χ1) is 11.0. The maximum atomic E-state index is 13.1. The second kappa shape index (κ2) is 8.26. The third-order valence-corrected chi connectivity index (χ3v) is 4.00. The van der Waals surface area contributed by atoms with Gasteiger partial charge in [-0.05, 0) is 31.0 Å². The van der Waals surface area contributed by atoms with Crippen LogP contribution in [0.5, 0.6) is 0 Å². The summed E-state index contributed by atoms with van der Waals surface area (Å²) in [5.41, 5.74) is 0.426. The lowest BCUT2D eigenvalue weighted by Gasteiger charge is -2.23. The van der Waals surface area contributed by atoms with E-state index in [2.05, 4.69) is 5.32 Å². The Bertz CT molecular complexity index is 576. The zero-order chi connectivity index (χ0) is 16.8. The summed E-state index contributed by atoms with van der Waals surface area (Å²) in [7, 11) is 0. The maximum absolute atomic E-state index is 13.1. The van der Waals surface area contributed by atoms with E-state index in [1.54, 1.807) is 4.90 Å². The third-order valence-electron chi connectivity index (χ3n) is 3.71. The number of carbonyl (C=O) groups excluding carboxylic acids is 2. The molecule has 1 aromatic carbocycles. The Morgan fingerprint density at radius 3 is 2.87 bits per heavy atom. The topological polar surface area (TPSA) is 58.6 Å². The van der Waals surface area contributed by atoms with Crippen molar-refractivity contribution in [1.82, 2.24) is 4.90 Å². The van der Waals surface area contributed by atoms with Gasteiger partial charge in [0.25, 0.3) is 0 Å². The molecule has 0 aliphatic carbocycles. The van der Waals surface area contributed by atoms with E-state index in [0.717, 1.165) is 19.4 Å². The Hall–Kier alpha value is -1.66. The molecule has 126 valence electrons. The van der Waals surface area contributed by atoms with Gasteiger partial charge in [-0.1, -0.05) is 11.6 Å². The zero-order valence-corrected chi connectivity index (χ0v) is 13.7. The summed E-state index contributed by atoms with van der Waals surface area (Å²) >= 11 is 5.67. The van der Waals surface area contributed by atoms with Crippen molar-refractivity contribution in [3.05, 3.63) is 29.0 Å². The van der Waals surface area contributed by atoms with Gasteiger partial charge in [0.05, 0.1) is 11.1 Å². The second-order valence-corrected chi connectivity index (χ2v) is 5.93. The van der Waals surface area contributed by atoms with Crippen molar-refractivity contribution in [2.24, 2.45) is 0 Å². The van der Waals surface area contributed by atoms with E-state index in [9.17, 15) is 14.0 Å². The molecule has 0 saturated carbocycles. The Balaban J connectivity index is 1.83. The number of hydrogen-bond donors (Lipinski definition) is 1. The van der Waals surface area contributed by atoms with Gasteiger partial charge in [0, 0.05) is 38.7 Å². The zero-order valence-electron chi connectivity index (χ0n) is 13.0. The maximum Gasteiger partial charge on any atom is 0.226 e. The van der Waals surface area contributed by atoms with Gasteiger partial charge < -0.3 is 15.0 Å². The van der Waals surface area contributed by atoms with Crippen LogP contribution in [0.15, 0.2) is 18.2 Å². The lowest BCUT2D eigenvalue weighted by atomic mass is 10.2. The van der Waals surface area contributed by atoms with Crippen molar-refractivity contribution in [1.29, 1.82) is 0 Å². The van der Waals surface area contributed by atoms with Crippen LogP contribution < -0.4 is 5.32 Å². The lowest BCUT2D eigenvalue weighted by Crippen LogP contribution is -2.37. The van der Waals surface area contributed by atoms with E-state index < -0.39 is 5.82 Å². The van der Waals surface area contributed by atoms with Crippen LogP contribution in [0.4, 0.5) is 10.1 Å². The normalized spacial score (nSPS) is 17.1. The van der Waals surface area contributed by atoms with E-state index in [4.69, 9.17) is 16.3 Å². The number of amides is 2. The largest absolute Gasteiger partial charge is 0.376 e. The Kier molecular flexibility index (Phi) is 6.36. The van der Waals surface area contributed by atoms with Crippen molar-refractivity contribution in [2.45, 2.75) is 32.3 Å². The van der Waals surface area contributed by atoms with Gasteiger partial charge in [-0.3, -0.25) is 9.59 Å². The fraction of sp³-hybridized carbons (Fsp3) is 0.500. The van der Waals surface area contributed by atoms with Crippen LogP contribution in [-0.4, -0.2) is 42.5 Å². The molecule has 23 heavy (non-hydrogen) atoms. The number of anilines is 1. The number of rotatable bonds is 6. The molecule has 7 heteroatoms. The monoisotopic (exact) mass is 342 g/mol. The first-order valence-electron chi connectivity index (χ1n) is 7.57. The molecular weight excluding hydrogens is 323 g/mol. The molecule has 1 aliphatic heterocycles. The third kappa shape index (κ3) is 5.48. The van der Waals surface area contributed by atoms with E-state index in [0.29, 0.717) is 18.8 Å². The molecular formula is C16H20ClFN2O3. The molecule has 1 N–H and O–H groups in total. The van der Waals surface area contributed by atoms with Crippen molar-refractivity contribution < 1.29 is 18.7 Å². The molecule has 0 bridgehead atoms. The summed E-state index contributed by atoms with van der Waals surface area (Å²) in [4.78, 5) is 25.2. The molecule has 2 amide bonds. The molecule has 1 heterocycles. The Morgan fingerprint density at radius 2 is 2.26 bits per heavy atom. The van der Waals surface area contributed by atoms with Crippen LogP contribution in [0.2, 0.25) is 5.02 Å². The molecule has 2 rings (SSSR count). The van der Waals surface area contributed by atoms with Gasteiger partial charge in [0.15, 0.2) is 0 Å². The number of carbonyl (C=O) groups is 2. The van der Waals surface area contributed by atoms with Gasteiger partial charge in [-0.2, -0.15) is 0 Å². The van der Waals surface area contributed by atoms with Crippen LogP contribution in [-0.2, 0) is 14.3 Å². The van der Waals surface area contributed by atoms with Crippen LogP contribution in [0.1, 0.15) is 26.2 Å². The summed E-state index contributed by atoms with van der Waals surface area (Å²) in [6.45, 7) is 3.02. The molecule has 1 aliphatic rings. The average molecular weight is 343 g/mol. The Labute approximate surface area is 139 Å². The van der Waals surface area contributed by atoms with E-state index in [-0.39, 0.29) is 29.4 Å². The SMILES string of the molecule is CC(=O)N(CCC(=O)Nc1ccc(F)c(Cl)c1)CC1CCCO1. The van der Waals surface area contributed by atoms with Crippen LogP contribution in [0.3, 0.4) is 0 Å². The standard InChI is InChI=1S/C16H20ClFN2O3/c1-11(21)20(10-13-3-2-8-23-13)7-6-16(22)19-12-4-5-15(18)14(17)9-12/h4-5,9,13H,2-3,6-8,10H2,1H3,(H,19,22). The summed E-state index contributed by atoms with van der Waals surface area (Å²) in [5, 5.41) is 2.59. The summed E-state index contributed by atoms with van der Waals surface area (Å²) in [6, 6.07) is 3.98. The van der Waals surface area contributed by atoms with Crippen LogP contribution in [0, 0.1) is 5.82 Å². The summed E-state index contributed by atoms with van der Waals surface area (Å²) in [6.07, 6.45) is 2.14. The van der Waals surface area contributed by atoms with Crippen molar-refractivity contribution in [2.75, 3.05) is 25.0 Å². The number of benzene rings is 1. The highest BCUT2D eigenvalue weighted by Gasteiger charge is 2.21. The predicted molar refractivity (Wildman–Crippen MR) is 85.9 cm³/mol. The number of ether oxygens (including phenoxy) is 1. The minimum atomic E-state index is -0.538. The van der Waals surface area contributed by atoms with Crippen LogP contribution >= 0.6 is 11.6 Å². The van der Waals surface area contributed by atoms with E-state index >= 15 is 0 Å². The van der Waals surface area contributed by atoms with Gasteiger partial charge in [0.1, 0.15) is 5.82 Å². The molecule has 1 saturated heterocycles.